The van der Waals surface area contributed by atoms with E-state index in [1.807, 2.05) is 6.92 Å². The van der Waals surface area contributed by atoms with Crippen LogP contribution >= 0.6 is 0 Å². The van der Waals surface area contributed by atoms with E-state index in [1.165, 1.54) is 12.8 Å². The maximum atomic E-state index is 5.51. The van der Waals surface area contributed by atoms with Crippen molar-refractivity contribution in [2.75, 3.05) is 13.2 Å². The lowest BCUT2D eigenvalue weighted by atomic mass is 9.99. The van der Waals surface area contributed by atoms with Crippen molar-refractivity contribution in [2.24, 2.45) is 5.92 Å². The first-order valence-electron chi connectivity index (χ1n) is 4.94. The second kappa shape index (κ2) is 4.24. The van der Waals surface area contributed by atoms with E-state index in [1.54, 1.807) is 0 Å². The van der Waals surface area contributed by atoms with Crippen LogP contribution in [0.15, 0.2) is 0 Å². The Bertz CT molecular complexity index is 128. The Labute approximate surface area is 75.2 Å². The molecule has 1 heterocycles. The zero-order valence-electron chi connectivity index (χ0n) is 8.43. The Hall–Kier alpha value is -0.0800. The molecule has 0 aliphatic carbocycles. The third-order valence-corrected chi connectivity index (χ3v) is 2.69. The number of ether oxygens (including phenoxy) is 2. The van der Waals surface area contributed by atoms with Crippen LogP contribution in [0, 0.1) is 5.92 Å². The smallest absolute Gasteiger partial charge is 0.165 e. The van der Waals surface area contributed by atoms with Gasteiger partial charge in [0.2, 0.25) is 0 Å². The first-order chi connectivity index (χ1) is 5.66. The highest BCUT2D eigenvalue weighted by molar-refractivity contribution is 4.69. The second-order valence-corrected chi connectivity index (χ2v) is 3.88. The van der Waals surface area contributed by atoms with Crippen LogP contribution in [0.25, 0.3) is 0 Å². The van der Waals surface area contributed by atoms with Gasteiger partial charge in [0.15, 0.2) is 5.79 Å². The molecule has 0 aromatic carbocycles. The van der Waals surface area contributed by atoms with Gasteiger partial charge in [-0.25, -0.2) is 0 Å². The largest absolute Gasteiger partial charge is 0.348 e. The monoisotopic (exact) mass is 172 g/mol. The van der Waals surface area contributed by atoms with Crippen LogP contribution in [0.5, 0.6) is 0 Å². The molecule has 1 aliphatic rings. The number of hydrogen-bond acceptors (Lipinski definition) is 2. The van der Waals surface area contributed by atoms with Crippen molar-refractivity contribution in [2.45, 2.75) is 45.8 Å². The van der Waals surface area contributed by atoms with Crippen LogP contribution < -0.4 is 0 Å². The van der Waals surface area contributed by atoms with Crippen LogP contribution in [0.1, 0.15) is 40.0 Å². The fourth-order valence-corrected chi connectivity index (χ4v) is 1.41. The molecule has 0 aromatic heterocycles. The fraction of sp³-hybridized carbons (Fsp3) is 1.00. The molecule has 0 saturated carbocycles. The van der Waals surface area contributed by atoms with Crippen molar-refractivity contribution in [1.29, 1.82) is 0 Å². The van der Waals surface area contributed by atoms with Crippen LogP contribution in [0.4, 0.5) is 0 Å². The van der Waals surface area contributed by atoms with E-state index in [0.29, 0.717) is 0 Å². The molecule has 1 saturated heterocycles. The molecular weight excluding hydrogens is 152 g/mol. The van der Waals surface area contributed by atoms with Crippen LogP contribution in [0.3, 0.4) is 0 Å². The summed E-state index contributed by atoms with van der Waals surface area (Å²) in [6.07, 6.45) is 3.48. The van der Waals surface area contributed by atoms with Gasteiger partial charge in [-0.05, 0) is 19.3 Å². The van der Waals surface area contributed by atoms with Gasteiger partial charge in [0.25, 0.3) is 0 Å². The van der Waals surface area contributed by atoms with Crippen LogP contribution in [0.2, 0.25) is 0 Å². The minimum Gasteiger partial charge on any atom is -0.348 e. The topological polar surface area (TPSA) is 18.5 Å². The summed E-state index contributed by atoms with van der Waals surface area (Å²) >= 11 is 0. The maximum absolute atomic E-state index is 5.51. The Morgan fingerprint density at radius 3 is 2.42 bits per heavy atom. The summed E-state index contributed by atoms with van der Waals surface area (Å²) in [5.74, 6) is 0.512. The lowest BCUT2D eigenvalue weighted by molar-refractivity contribution is -0.149. The highest BCUT2D eigenvalue weighted by atomic mass is 16.7. The molecule has 0 bridgehead atoms. The molecule has 0 amide bonds. The Balaban J connectivity index is 2.21. The average molecular weight is 172 g/mol. The summed E-state index contributed by atoms with van der Waals surface area (Å²) in [5, 5.41) is 0. The Morgan fingerprint density at radius 2 is 1.92 bits per heavy atom. The van der Waals surface area contributed by atoms with E-state index in [4.69, 9.17) is 9.47 Å². The molecule has 1 aliphatic heterocycles. The predicted molar refractivity (Wildman–Crippen MR) is 49.0 cm³/mol. The van der Waals surface area contributed by atoms with Gasteiger partial charge in [0.05, 0.1) is 13.2 Å². The zero-order chi connectivity index (χ0) is 9.03. The zero-order valence-corrected chi connectivity index (χ0v) is 8.43. The Morgan fingerprint density at radius 1 is 1.33 bits per heavy atom. The Kier molecular flexibility index (Phi) is 3.53. The summed E-state index contributed by atoms with van der Waals surface area (Å²) < 4.78 is 11.0. The van der Waals surface area contributed by atoms with Crippen LogP contribution in [-0.2, 0) is 9.47 Å². The van der Waals surface area contributed by atoms with Gasteiger partial charge in [-0.3, -0.25) is 0 Å². The molecule has 72 valence electrons. The SMILES string of the molecule is CCC(C)CCC1(C)OCCO1. The van der Waals surface area contributed by atoms with E-state index in [9.17, 15) is 0 Å². The molecule has 12 heavy (non-hydrogen) atoms. The highest BCUT2D eigenvalue weighted by Crippen LogP contribution is 2.26. The molecule has 0 N–H and O–H groups in total. The number of rotatable bonds is 4. The van der Waals surface area contributed by atoms with Gasteiger partial charge in [-0.1, -0.05) is 20.3 Å². The third-order valence-electron chi connectivity index (χ3n) is 2.69. The molecular formula is C10H20O2. The second-order valence-electron chi connectivity index (χ2n) is 3.88. The van der Waals surface area contributed by atoms with Gasteiger partial charge in [-0.2, -0.15) is 0 Å². The predicted octanol–water partition coefficient (Wildman–Crippen LogP) is 2.58. The van der Waals surface area contributed by atoms with Gasteiger partial charge in [0, 0.05) is 6.42 Å². The van der Waals surface area contributed by atoms with Gasteiger partial charge < -0.3 is 9.47 Å². The lowest BCUT2D eigenvalue weighted by Crippen LogP contribution is -2.25. The van der Waals surface area contributed by atoms with Crippen molar-refractivity contribution in [3.8, 4) is 0 Å². The van der Waals surface area contributed by atoms with E-state index >= 15 is 0 Å². The summed E-state index contributed by atoms with van der Waals surface area (Å²) in [5.41, 5.74) is 0. The quantitative estimate of drug-likeness (QED) is 0.649. The van der Waals surface area contributed by atoms with E-state index in [-0.39, 0.29) is 5.79 Å². The van der Waals surface area contributed by atoms with E-state index in [0.717, 1.165) is 25.6 Å². The summed E-state index contributed by atoms with van der Waals surface area (Å²) in [7, 11) is 0. The average Bonchev–Trinajstić information content (AvgIpc) is 2.49. The minimum atomic E-state index is -0.274. The molecule has 2 heteroatoms. The third kappa shape index (κ3) is 2.76. The van der Waals surface area contributed by atoms with Crippen molar-refractivity contribution in [1.82, 2.24) is 0 Å². The molecule has 1 fully saturated rings. The summed E-state index contributed by atoms with van der Waals surface area (Å²) in [4.78, 5) is 0. The van der Waals surface area contributed by atoms with Crippen LogP contribution in [-0.4, -0.2) is 19.0 Å². The van der Waals surface area contributed by atoms with Crippen molar-refractivity contribution < 1.29 is 9.47 Å². The molecule has 2 nitrogen and oxygen atoms in total. The lowest BCUT2D eigenvalue weighted by Gasteiger charge is -2.23. The summed E-state index contributed by atoms with van der Waals surface area (Å²) in [6, 6.07) is 0. The molecule has 0 spiro atoms. The molecule has 1 unspecified atom stereocenters. The highest BCUT2D eigenvalue weighted by Gasteiger charge is 2.30. The molecule has 1 rings (SSSR count). The first-order valence-corrected chi connectivity index (χ1v) is 4.94. The van der Waals surface area contributed by atoms with Crippen molar-refractivity contribution >= 4 is 0 Å². The standard InChI is InChI=1S/C10H20O2/c1-4-9(2)5-6-10(3)11-7-8-12-10/h9H,4-8H2,1-3H3. The fourth-order valence-electron chi connectivity index (χ4n) is 1.41. The molecule has 0 aromatic rings. The van der Waals surface area contributed by atoms with E-state index in [2.05, 4.69) is 13.8 Å². The summed E-state index contributed by atoms with van der Waals surface area (Å²) in [6.45, 7) is 8.07. The van der Waals surface area contributed by atoms with Gasteiger partial charge in [0.1, 0.15) is 0 Å². The normalized spacial score (nSPS) is 24.2. The van der Waals surface area contributed by atoms with Crippen molar-refractivity contribution in [3.05, 3.63) is 0 Å². The van der Waals surface area contributed by atoms with Gasteiger partial charge >= 0.3 is 0 Å². The maximum Gasteiger partial charge on any atom is 0.165 e. The van der Waals surface area contributed by atoms with Crippen molar-refractivity contribution in [3.63, 3.8) is 0 Å². The van der Waals surface area contributed by atoms with E-state index < -0.39 is 0 Å². The first kappa shape index (κ1) is 10.0. The minimum absolute atomic E-state index is 0.274. The number of hydrogen-bond donors (Lipinski definition) is 0. The molecule has 0 radical (unpaired) electrons. The molecule has 1 atom stereocenters. The van der Waals surface area contributed by atoms with Gasteiger partial charge in [-0.15, -0.1) is 0 Å².